The van der Waals surface area contributed by atoms with E-state index in [2.05, 4.69) is 22.4 Å². The predicted octanol–water partition coefficient (Wildman–Crippen LogP) is 6.03. The van der Waals surface area contributed by atoms with Crippen molar-refractivity contribution in [1.29, 1.82) is 0 Å². The van der Waals surface area contributed by atoms with Crippen LogP contribution in [0.25, 0.3) is 11.5 Å². The van der Waals surface area contributed by atoms with Crippen LogP contribution in [0.3, 0.4) is 0 Å². The lowest BCUT2D eigenvalue weighted by atomic mass is 10.0. The quantitative estimate of drug-likeness (QED) is 0.332. The molecule has 0 radical (unpaired) electrons. The molecule has 1 aromatic heterocycles. The molecule has 0 aliphatic carbocycles. The maximum absolute atomic E-state index is 12.4. The van der Waals surface area contributed by atoms with Gasteiger partial charge in [-0.3, -0.25) is 4.79 Å². The van der Waals surface area contributed by atoms with E-state index in [1.807, 2.05) is 49.4 Å². The third-order valence-electron chi connectivity index (χ3n) is 4.54. The number of carbonyl (C=O) groups excluding carboxylic acids is 1. The molecule has 0 unspecified atom stereocenters. The highest BCUT2D eigenvalue weighted by Crippen LogP contribution is 2.30. The molecule has 0 fully saturated rings. The van der Waals surface area contributed by atoms with E-state index in [4.69, 9.17) is 16.0 Å². The number of hydrogen-bond acceptors (Lipinski definition) is 5. The van der Waals surface area contributed by atoms with E-state index in [0.717, 1.165) is 41.0 Å². The second-order valence-electron chi connectivity index (χ2n) is 6.51. The van der Waals surface area contributed by atoms with E-state index in [0.29, 0.717) is 29.0 Å². The van der Waals surface area contributed by atoms with Gasteiger partial charge in [-0.25, -0.2) is 0 Å². The van der Waals surface area contributed by atoms with Crippen molar-refractivity contribution < 1.29 is 9.21 Å². The SMILES string of the molecule is CCc1ccc(Cl)c(CC)c1NC(=O)CCCSc1nnc(-c2ccccc2)o1. The minimum Gasteiger partial charge on any atom is -0.411 e. The first-order valence-electron chi connectivity index (χ1n) is 9.74. The Bertz CT molecular complexity index is 960. The topological polar surface area (TPSA) is 68.0 Å². The van der Waals surface area contributed by atoms with Gasteiger partial charge in [0.2, 0.25) is 11.8 Å². The van der Waals surface area contributed by atoms with Gasteiger partial charge in [0.15, 0.2) is 0 Å². The number of nitrogens with one attached hydrogen (secondary N) is 1. The van der Waals surface area contributed by atoms with E-state index >= 15 is 0 Å². The van der Waals surface area contributed by atoms with Gasteiger partial charge in [0.1, 0.15) is 0 Å². The molecule has 0 spiro atoms. The number of rotatable bonds is 9. The second-order valence-corrected chi connectivity index (χ2v) is 7.96. The number of carbonyl (C=O) groups is 1. The maximum Gasteiger partial charge on any atom is 0.276 e. The molecule has 152 valence electrons. The lowest BCUT2D eigenvalue weighted by molar-refractivity contribution is -0.116. The van der Waals surface area contributed by atoms with E-state index < -0.39 is 0 Å². The zero-order valence-electron chi connectivity index (χ0n) is 16.6. The summed E-state index contributed by atoms with van der Waals surface area (Å²) >= 11 is 7.77. The van der Waals surface area contributed by atoms with Gasteiger partial charge in [-0.1, -0.05) is 61.5 Å². The van der Waals surface area contributed by atoms with Crippen LogP contribution in [0.1, 0.15) is 37.8 Å². The summed E-state index contributed by atoms with van der Waals surface area (Å²) in [6.07, 6.45) is 2.75. The number of amides is 1. The third-order valence-corrected chi connectivity index (χ3v) is 5.80. The summed E-state index contributed by atoms with van der Waals surface area (Å²) < 4.78 is 5.67. The van der Waals surface area contributed by atoms with E-state index in [1.165, 1.54) is 11.8 Å². The zero-order valence-corrected chi connectivity index (χ0v) is 18.1. The molecule has 29 heavy (non-hydrogen) atoms. The van der Waals surface area contributed by atoms with Gasteiger partial charge in [-0.15, -0.1) is 10.2 Å². The Morgan fingerprint density at radius 2 is 1.90 bits per heavy atom. The van der Waals surface area contributed by atoms with Gasteiger partial charge in [0.05, 0.1) is 0 Å². The molecule has 7 heteroatoms. The molecule has 0 aliphatic heterocycles. The van der Waals surface area contributed by atoms with Crippen molar-refractivity contribution in [2.24, 2.45) is 0 Å². The average molecular weight is 430 g/mol. The summed E-state index contributed by atoms with van der Waals surface area (Å²) in [7, 11) is 0. The Morgan fingerprint density at radius 1 is 1.10 bits per heavy atom. The lowest BCUT2D eigenvalue weighted by Gasteiger charge is -2.15. The maximum atomic E-state index is 12.4. The monoisotopic (exact) mass is 429 g/mol. The number of hydrogen-bond donors (Lipinski definition) is 1. The molecule has 2 aromatic carbocycles. The van der Waals surface area contributed by atoms with Crippen LogP contribution in [0.4, 0.5) is 5.69 Å². The predicted molar refractivity (Wildman–Crippen MR) is 119 cm³/mol. The van der Waals surface area contributed by atoms with Gasteiger partial charge in [0, 0.05) is 28.4 Å². The fourth-order valence-electron chi connectivity index (χ4n) is 3.03. The Labute approximate surface area is 180 Å². The van der Waals surface area contributed by atoms with E-state index in [1.54, 1.807) is 0 Å². The molecule has 3 aromatic rings. The van der Waals surface area contributed by atoms with Crippen LogP contribution < -0.4 is 5.32 Å². The van der Waals surface area contributed by atoms with Crippen LogP contribution in [0.15, 0.2) is 52.1 Å². The van der Waals surface area contributed by atoms with Crippen molar-refractivity contribution in [2.45, 2.75) is 44.8 Å². The Balaban J connectivity index is 1.50. The molecule has 0 aliphatic rings. The van der Waals surface area contributed by atoms with Gasteiger partial charge in [-0.05, 0) is 48.6 Å². The summed E-state index contributed by atoms with van der Waals surface area (Å²) in [5, 5.41) is 12.4. The molecule has 0 atom stereocenters. The van der Waals surface area contributed by atoms with Gasteiger partial charge in [0.25, 0.3) is 5.22 Å². The highest BCUT2D eigenvalue weighted by molar-refractivity contribution is 7.99. The van der Waals surface area contributed by atoms with Crippen molar-refractivity contribution in [3.05, 3.63) is 58.6 Å². The molecular weight excluding hydrogens is 406 g/mol. The zero-order chi connectivity index (χ0) is 20.6. The lowest BCUT2D eigenvalue weighted by Crippen LogP contribution is -2.15. The Hall–Kier alpha value is -2.31. The number of aromatic nitrogens is 2. The van der Waals surface area contributed by atoms with Crippen molar-refractivity contribution >= 4 is 35.0 Å². The number of halogens is 1. The number of anilines is 1. The Kier molecular flexibility index (Phi) is 7.72. The third kappa shape index (κ3) is 5.61. The molecule has 0 saturated heterocycles. The molecule has 3 rings (SSSR count). The number of aryl methyl sites for hydroxylation is 1. The standard InChI is InChI=1S/C22H24ClN3O2S/c1-3-15-12-13-18(23)17(4-2)20(15)24-19(27)11-8-14-29-22-26-25-21(28-22)16-9-6-5-7-10-16/h5-7,9-10,12-13H,3-4,8,11,14H2,1-2H3,(H,24,27). The Morgan fingerprint density at radius 3 is 2.62 bits per heavy atom. The van der Waals surface area contributed by atoms with Crippen molar-refractivity contribution in [3.63, 3.8) is 0 Å². The number of benzene rings is 2. The highest BCUT2D eigenvalue weighted by atomic mass is 35.5. The summed E-state index contributed by atoms with van der Waals surface area (Å²) in [6, 6.07) is 13.5. The summed E-state index contributed by atoms with van der Waals surface area (Å²) in [6.45, 7) is 4.12. The molecular formula is C22H24ClN3O2S. The second kappa shape index (κ2) is 10.5. The van der Waals surface area contributed by atoms with E-state index in [-0.39, 0.29) is 5.91 Å². The molecule has 5 nitrogen and oxygen atoms in total. The van der Waals surface area contributed by atoms with Gasteiger partial charge in [-0.2, -0.15) is 0 Å². The fraction of sp³-hybridized carbons (Fsp3) is 0.318. The smallest absolute Gasteiger partial charge is 0.276 e. The molecule has 0 saturated carbocycles. The molecule has 1 amide bonds. The minimum absolute atomic E-state index is 0.00669. The van der Waals surface area contributed by atoms with Crippen LogP contribution in [0.5, 0.6) is 0 Å². The van der Waals surface area contributed by atoms with Crippen molar-refractivity contribution in [2.75, 3.05) is 11.1 Å². The van der Waals surface area contributed by atoms with Crippen LogP contribution in [-0.2, 0) is 17.6 Å². The summed E-state index contributed by atoms with van der Waals surface area (Å²) in [5.74, 6) is 1.22. The largest absolute Gasteiger partial charge is 0.411 e. The highest BCUT2D eigenvalue weighted by Gasteiger charge is 2.14. The number of thioether (sulfide) groups is 1. The van der Waals surface area contributed by atoms with Crippen LogP contribution in [0.2, 0.25) is 5.02 Å². The van der Waals surface area contributed by atoms with Crippen LogP contribution >= 0.6 is 23.4 Å². The van der Waals surface area contributed by atoms with Crippen LogP contribution in [-0.4, -0.2) is 21.9 Å². The van der Waals surface area contributed by atoms with Gasteiger partial charge >= 0.3 is 0 Å². The molecule has 0 bridgehead atoms. The fourth-order valence-corrected chi connectivity index (χ4v) is 4.02. The molecule has 1 N–H and O–H groups in total. The first-order chi connectivity index (χ1) is 14.1. The van der Waals surface area contributed by atoms with Crippen molar-refractivity contribution in [3.8, 4) is 11.5 Å². The minimum atomic E-state index is -0.00669. The summed E-state index contributed by atoms with van der Waals surface area (Å²) in [4.78, 5) is 12.4. The van der Waals surface area contributed by atoms with Gasteiger partial charge < -0.3 is 9.73 Å². The number of nitrogens with zero attached hydrogens (tertiary/aromatic N) is 2. The first-order valence-corrected chi connectivity index (χ1v) is 11.1. The van der Waals surface area contributed by atoms with Crippen LogP contribution in [0, 0.1) is 0 Å². The van der Waals surface area contributed by atoms with Crippen molar-refractivity contribution in [1.82, 2.24) is 10.2 Å². The molecule has 1 heterocycles. The summed E-state index contributed by atoms with van der Waals surface area (Å²) in [5.41, 5.74) is 3.86. The van der Waals surface area contributed by atoms with E-state index in [9.17, 15) is 4.79 Å². The average Bonchev–Trinajstić information content (AvgIpc) is 3.21. The normalized spacial score (nSPS) is 10.9. The first kappa shape index (κ1) is 21.4.